The Labute approximate surface area is 82.6 Å². The third-order valence-electron chi connectivity index (χ3n) is 2.76. The molecule has 0 aromatic carbocycles. The van der Waals surface area contributed by atoms with E-state index in [1.54, 1.807) is 0 Å². The maximum Gasteiger partial charge on any atom is 0.0238 e. The SMILES string of the molecule is C=CCCCC(NN)C(CC)CC. The molecule has 0 bridgehead atoms. The molecule has 13 heavy (non-hydrogen) atoms. The first kappa shape index (κ1) is 12.7. The molecule has 3 N–H and O–H groups in total. The number of nitrogens with one attached hydrogen (secondary N) is 1. The Bertz CT molecular complexity index is 119. The minimum atomic E-state index is 0.481. The minimum Gasteiger partial charge on any atom is -0.271 e. The van der Waals surface area contributed by atoms with E-state index in [0.29, 0.717) is 6.04 Å². The summed E-state index contributed by atoms with van der Waals surface area (Å²) < 4.78 is 0. The number of rotatable bonds is 8. The van der Waals surface area contributed by atoms with Gasteiger partial charge in [0.05, 0.1) is 0 Å². The Balaban J connectivity index is 3.77. The lowest BCUT2D eigenvalue weighted by atomic mass is 9.91. The van der Waals surface area contributed by atoms with Crippen molar-refractivity contribution >= 4 is 0 Å². The second-order valence-corrected chi connectivity index (χ2v) is 3.57. The maximum absolute atomic E-state index is 5.53. The van der Waals surface area contributed by atoms with Crippen molar-refractivity contribution in [3.05, 3.63) is 12.7 Å². The average Bonchev–Trinajstić information content (AvgIpc) is 2.17. The Morgan fingerprint density at radius 2 is 2.00 bits per heavy atom. The van der Waals surface area contributed by atoms with Crippen LogP contribution in [0.25, 0.3) is 0 Å². The lowest BCUT2D eigenvalue weighted by molar-refractivity contribution is 0.316. The van der Waals surface area contributed by atoms with Gasteiger partial charge >= 0.3 is 0 Å². The number of hydrogen-bond acceptors (Lipinski definition) is 2. The van der Waals surface area contributed by atoms with E-state index < -0.39 is 0 Å². The fraction of sp³-hybridized carbons (Fsp3) is 0.818. The van der Waals surface area contributed by atoms with Gasteiger partial charge in [-0.25, -0.2) is 0 Å². The third-order valence-corrected chi connectivity index (χ3v) is 2.76. The van der Waals surface area contributed by atoms with E-state index in [1.807, 2.05) is 6.08 Å². The lowest BCUT2D eigenvalue weighted by Crippen LogP contribution is -2.40. The molecule has 0 amide bonds. The van der Waals surface area contributed by atoms with Gasteiger partial charge in [0.15, 0.2) is 0 Å². The average molecular weight is 184 g/mol. The predicted octanol–water partition coefficient (Wildman–Crippen LogP) is 2.61. The summed E-state index contributed by atoms with van der Waals surface area (Å²) in [5, 5.41) is 0. The van der Waals surface area contributed by atoms with Crippen LogP contribution in [0, 0.1) is 5.92 Å². The molecule has 1 atom stereocenters. The first-order chi connectivity index (χ1) is 6.29. The van der Waals surface area contributed by atoms with E-state index in [1.165, 1.54) is 19.3 Å². The number of nitrogens with two attached hydrogens (primary N) is 1. The van der Waals surface area contributed by atoms with Gasteiger partial charge in [0.1, 0.15) is 0 Å². The summed E-state index contributed by atoms with van der Waals surface area (Å²) in [5.41, 5.74) is 2.93. The maximum atomic E-state index is 5.53. The van der Waals surface area contributed by atoms with Crippen LogP contribution in [-0.2, 0) is 0 Å². The Hall–Kier alpha value is -0.340. The molecule has 0 fully saturated rings. The highest BCUT2D eigenvalue weighted by Gasteiger charge is 2.15. The molecule has 0 heterocycles. The summed E-state index contributed by atoms with van der Waals surface area (Å²) in [7, 11) is 0. The van der Waals surface area contributed by atoms with Crippen molar-refractivity contribution in [3.63, 3.8) is 0 Å². The first-order valence-electron chi connectivity index (χ1n) is 5.37. The van der Waals surface area contributed by atoms with Gasteiger partial charge in [-0.1, -0.05) is 32.8 Å². The van der Waals surface area contributed by atoms with E-state index in [0.717, 1.165) is 18.8 Å². The largest absolute Gasteiger partial charge is 0.271 e. The van der Waals surface area contributed by atoms with Crippen LogP contribution in [-0.4, -0.2) is 6.04 Å². The normalized spacial score (nSPS) is 13.2. The van der Waals surface area contributed by atoms with Gasteiger partial charge < -0.3 is 0 Å². The van der Waals surface area contributed by atoms with Crippen molar-refractivity contribution in [2.75, 3.05) is 0 Å². The molecule has 0 aromatic heterocycles. The van der Waals surface area contributed by atoms with Crippen molar-refractivity contribution in [2.45, 2.75) is 52.0 Å². The molecule has 0 aromatic rings. The monoisotopic (exact) mass is 184 g/mol. The van der Waals surface area contributed by atoms with Crippen LogP contribution < -0.4 is 11.3 Å². The van der Waals surface area contributed by atoms with Gasteiger partial charge in [-0.15, -0.1) is 6.58 Å². The van der Waals surface area contributed by atoms with Crippen LogP contribution in [0.1, 0.15) is 46.0 Å². The number of unbranched alkanes of at least 4 members (excludes halogenated alkanes) is 1. The van der Waals surface area contributed by atoms with Gasteiger partial charge in [-0.3, -0.25) is 11.3 Å². The lowest BCUT2D eigenvalue weighted by Gasteiger charge is -2.24. The van der Waals surface area contributed by atoms with Gasteiger partial charge in [-0.05, 0) is 25.2 Å². The van der Waals surface area contributed by atoms with Crippen LogP contribution in [0.5, 0.6) is 0 Å². The quantitative estimate of drug-likeness (QED) is 0.263. The highest BCUT2D eigenvalue weighted by molar-refractivity contribution is 4.74. The molecule has 0 spiro atoms. The number of allylic oxidation sites excluding steroid dienone is 1. The van der Waals surface area contributed by atoms with Crippen LogP contribution in [0.3, 0.4) is 0 Å². The summed E-state index contributed by atoms with van der Waals surface area (Å²) in [6.45, 7) is 8.17. The fourth-order valence-corrected chi connectivity index (χ4v) is 1.79. The van der Waals surface area contributed by atoms with Crippen LogP contribution in [0.4, 0.5) is 0 Å². The smallest absolute Gasteiger partial charge is 0.0238 e. The van der Waals surface area contributed by atoms with Crippen molar-refractivity contribution in [3.8, 4) is 0 Å². The van der Waals surface area contributed by atoms with Crippen LogP contribution in [0.15, 0.2) is 12.7 Å². The Morgan fingerprint density at radius 1 is 1.38 bits per heavy atom. The molecular weight excluding hydrogens is 160 g/mol. The third kappa shape index (κ3) is 5.06. The minimum absolute atomic E-state index is 0.481. The van der Waals surface area contributed by atoms with E-state index in [-0.39, 0.29) is 0 Å². The number of hydrazine groups is 1. The highest BCUT2D eigenvalue weighted by Crippen LogP contribution is 2.17. The predicted molar refractivity (Wildman–Crippen MR) is 59.2 cm³/mol. The molecule has 0 aliphatic rings. The second-order valence-electron chi connectivity index (χ2n) is 3.57. The molecule has 0 saturated heterocycles. The molecule has 0 aliphatic heterocycles. The van der Waals surface area contributed by atoms with Gasteiger partial charge in [0.2, 0.25) is 0 Å². The molecule has 0 saturated carbocycles. The molecule has 2 nitrogen and oxygen atoms in total. The van der Waals surface area contributed by atoms with Crippen LogP contribution >= 0.6 is 0 Å². The van der Waals surface area contributed by atoms with Gasteiger partial charge in [0, 0.05) is 6.04 Å². The number of hydrogen-bond donors (Lipinski definition) is 2. The van der Waals surface area contributed by atoms with E-state index in [2.05, 4.69) is 25.9 Å². The zero-order chi connectivity index (χ0) is 10.1. The van der Waals surface area contributed by atoms with E-state index in [9.17, 15) is 0 Å². The molecular formula is C11H24N2. The molecule has 78 valence electrons. The summed E-state index contributed by atoms with van der Waals surface area (Å²) in [5.74, 6) is 6.25. The van der Waals surface area contributed by atoms with Gasteiger partial charge in [-0.2, -0.15) is 0 Å². The summed E-state index contributed by atoms with van der Waals surface area (Å²) in [6, 6.07) is 0.481. The van der Waals surface area contributed by atoms with E-state index in [4.69, 9.17) is 5.84 Å². The second kappa shape index (κ2) is 8.27. The topological polar surface area (TPSA) is 38.0 Å². The van der Waals surface area contributed by atoms with Gasteiger partial charge in [0.25, 0.3) is 0 Å². The van der Waals surface area contributed by atoms with Crippen molar-refractivity contribution in [2.24, 2.45) is 11.8 Å². The molecule has 0 aliphatic carbocycles. The molecule has 0 radical (unpaired) electrons. The standard InChI is InChI=1S/C11H24N2/c1-4-7-8-9-11(13-12)10(5-2)6-3/h4,10-11,13H,1,5-9,12H2,2-3H3. The van der Waals surface area contributed by atoms with Crippen molar-refractivity contribution in [1.82, 2.24) is 5.43 Å². The van der Waals surface area contributed by atoms with Crippen molar-refractivity contribution < 1.29 is 0 Å². The van der Waals surface area contributed by atoms with E-state index >= 15 is 0 Å². The Morgan fingerprint density at radius 3 is 2.38 bits per heavy atom. The zero-order valence-electron chi connectivity index (χ0n) is 9.05. The summed E-state index contributed by atoms with van der Waals surface area (Å²) in [6.07, 6.45) is 7.83. The summed E-state index contributed by atoms with van der Waals surface area (Å²) >= 11 is 0. The first-order valence-corrected chi connectivity index (χ1v) is 5.37. The molecule has 0 rings (SSSR count). The molecule has 2 heteroatoms. The zero-order valence-corrected chi connectivity index (χ0v) is 9.05. The highest BCUT2D eigenvalue weighted by atomic mass is 15.2. The Kier molecular flexibility index (Phi) is 8.05. The van der Waals surface area contributed by atoms with Crippen LogP contribution in [0.2, 0.25) is 0 Å². The molecule has 1 unspecified atom stereocenters. The van der Waals surface area contributed by atoms with Crippen molar-refractivity contribution in [1.29, 1.82) is 0 Å². The fourth-order valence-electron chi connectivity index (χ4n) is 1.79. The summed E-state index contributed by atoms with van der Waals surface area (Å²) in [4.78, 5) is 0.